The molecule has 1 aromatic heterocycles. The Kier molecular flexibility index (Phi) is 3.42. The van der Waals surface area contributed by atoms with E-state index >= 15 is 0 Å². The van der Waals surface area contributed by atoms with Crippen LogP contribution in [0.5, 0.6) is 5.75 Å². The third kappa shape index (κ3) is 2.67. The lowest BCUT2D eigenvalue weighted by atomic mass is 10.2. The largest absolute Gasteiger partial charge is 0.493 e. The number of hydrogen-bond donors (Lipinski definition) is 1. The molecule has 102 valence electrons. The Morgan fingerprint density at radius 2 is 1.95 bits per heavy atom. The summed E-state index contributed by atoms with van der Waals surface area (Å²) in [5.74, 6) is 2.28. The Balaban J connectivity index is 1.91. The third-order valence-electron chi connectivity index (χ3n) is 3.08. The van der Waals surface area contributed by atoms with Crippen molar-refractivity contribution in [1.82, 2.24) is 9.97 Å². The van der Waals surface area contributed by atoms with Gasteiger partial charge in [-0.15, -0.1) is 0 Å². The average Bonchev–Trinajstić information content (AvgIpc) is 2.89. The number of aromatic nitrogens is 2. The van der Waals surface area contributed by atoms with Gasteiger partial charge in [0.1, 0.15) is 11.6 Å². The van der Waals surface area contributed by atoms with Crippen molar-refractivity contribution in [3.05, 3.63) is 48.5 Å². The minimum Gasteiger partial charge on any atom is -0.493 e. The maximum Gasteiger partial charge on any atom is 0.138 e. The third-order valence-corrected chi connectivity index (χ3v) is 3.08. The summed E-state index contributed by atoms with van der Waals surface area (Å²) in [6, 6.07) is 16.1. The average molecular weight is 266 g/mol. The van der Waals surface area contributed by atoms with Gasteiger partial charge in [0.05, 0.1) is 17.6 Å². The zero-order chi connectivity index (χ0) is 13.9. The fourth-order valence-corrected chi connectivity index (χ4v) is 2.09. The Morgan fingerprint density at radius 3 is 2.75 bits per heavy atom. The van der Waals surface area contributed by atoms with Gasteiger partial charge in [0.15, 0.2) is 0 Å². The number of imidazole rings is 1. The Hall–Kier alpha value is -2.29. The Bertz CT molecular complexity index is 683. The van der Waals surface area contributed by atoms with E-state index in [1.165, 1.54) is 0 Å². The predicted octanol–water partition coefficient (Wildman–Crippen LogP) is 4.26. The van der Waals surface area contributed by atoms with Crippen LogP contribution in [0.2, 0.25) is 0 Å². The highest BCUT2D eigenvalue weighted by Gasteiger charge is 2.06. The molecule has 20 heavy (non-hydrogen) atoms. The van der Waals surface area contributed by atoms with Crippen LogP contribution in [-0.4, -0.2) is 16.6 Å². The molecule has 0 spiro atoms. The summed E-state index contributed by atoms with van der Waals surface area (Å²) in [7, 11) is 0. The smallest absolute Gasteiger partial charge is 0.138 e. The van der Waals surface area contributed by atoms with E-state index in [4.69, 9.17) is 4.74 Å². The minimum atomic E-state index is 0.518. The fourth-order valence-electron chi connectivity index (χ4n) is 2.09. The van der Waals surface area contributed by atoms with Crippen LogP contribution in [0.3, 0.4) is 0 Å². The molecular weight excluding hydrogens is 248 g/mol. The van der Waals surface area contributed by atoms with E-state index in [0.717, 1.165) is 34.8 Å². The topological polar surface area (TPSA) is 37.9 Å². The molecule has 1 heterocycles. The lowest BCUT2D eigenvalue weighted by Crippen LogP contribution is -2.04. The first-order valence-electron chi connectivity index (χ1n) is 6.90. The lowest BCUT2D eigenvalue weighted by molar-refractivity contribution is 0.271. The van der Waals surface area contributed by atoms with Gasteiger partial charge in [-0.05, 0) is 30.2 Å². The summed E-state index contributed by atoms with van der Waals surface area (Å²) in [5.41, 5.74) is 3.08. The van der Waals surface area contributed by atoms with Crippen LogP contribution in [0.1, 0.15) is 13.8 Å². The van der Waals surface area contributed by atoms with Gasteiger partial charge in [-0.1, -0.05) is 38.1 Å². The summed E-state index contributed by atoms with van der Waals surface area (Å²) in [5, 5.41) is 0. The van der Waals surface area contributed by atoms with E-state index in [-0.39, 0.29) is 0 Å². The molecule has 2 aromatic carbocycles. The van der Waals surface area contributed by atoms with E-state index in [1.807, 2.05) is 48.5 Å². The maximum absolute atomic E-state index is 5.76. The number of nitrogens with one attached hydrogen (secondary N) is 1. The lowest BCUT2D eigenvalue weighted by Gasteiger charge is -2.09. The van der Waals surface area contributed by atoms with E-state index in [0.29, 0.717) is 5.92 Å². The van der Waals surface area contributed by atoms with E-state index < -0.39 is 0 Å². The molecule has 3 heteroatoms. The van der Waals surface area contributed by atoms with Crippen molar-refractivity contribution in [2.45, 2.75) is 13.8 Å². The van der Waals surface area contributed by atoms with Crippen molar-refractivity contribution in [2.24, 2.45) is 5.92 Å². The second-order valence-electron chi connectivity index (χ2n) is 5.34. The summed E-state index contributed by atoms with van der Waals surface area (Å²) in [6.45, 7) is 5.01. The molecule has 0 amide bonds. The molecule has 0 aliphatic carbocycles. The summed E-state index contributed by atoms with van der Waals surface area (Å²) >= 11 is 0. The molecule has 0 radical (unpaired) electrons. The molecule has 0 bridgehead atoms. The molecule has 0 aliphatic heterocycles. The van der Waals surface area contributed by atoms with Crippen LogP contribution in [0, 0.1) is 5.92 Å². The van der Waals surface area contributed by atoms with Crippen LogP contribution in [0.25, 0.3) is 22.4 Å². The molecule has 0 unspecified atom stereocenters. The van der Waals surface area contributed by atoms with Crippen molar-refractivity contribution in [2.75, 3.05) is 6.61 Å². The van der Waals surface area contributed by atoms with Gasteiger partial charge in [-0.3, -0.25) is 0 Å². The number of H-pyrrole nitrogens is 1. The molecule has 3 aromatic rings. The van der Waals surface area contributed by atoms with Crippen LogP contribution in [0.15, 0.2) is 48.5 Å². The summed E-state index contributed by atoms with van der Waals surface area (Å²) < 4.78 is 5.76. The Labute approximate surface area is 118 Å². The van der Waals surface area contributed by atoms with Crippen molar-refractivity contribution >= 4 is 11.0 Å². The quantitative estimate of drug-likeness (QED) is 0.766. The first-order chi connectivity index (χ1) is 9.72. The number of nitrogens with zero attached hydrogens (tertiary/aromatic N) is 1. The highest BCUT2D eigenvalue weighted by molar-refractivity contribution is 5.79. The fraction of sp³-hybridized carbons (Fsp3) is 0.235. The van der Waals surface area contributed by atoms with Gasteiger partial charge in [-0.2, -0.15) is 0 Å². The van der Waals surface area contributed by atoms with Crippen molar-refractivity contribution < 1.29 is 4.74 Å². The molecule has 0 saturated carbocycles. The van der Waals surface area contributed by atoms with Gasteiger partial charge >= 0.3 is 0 Å². The monoisotopic (exact) mass is 266 g/mol. The van der Waals surface area contributed by atoms with Crippen LogP contribution in [-0.2, 0) is 0 Å². The van der Waals surface area contributed by atoms with Gasteiger partial charge in [0.2, 0.25) is 0 Å². The molecule has 0 fully saturated rings. The normalized spacial score (nSPS) is 11.2. The highest BCUT2D eigenvalue weighted by atomic mass is 16.5. The molecule has 0 saturated heterocycles. The van der Waals surface area contributed by atoms with E-state index in [1.54, 1.807) is 0 Å². The number of rotatable bonds is 4. The molecule has 0 atom stereocenters. The molecule has 1 N–H and O–H groups in total. The van der Waals surface area contributed by atoms with Crippen LogP contribution >= 0.6 is 0 Å². The summed E-state index contributed by atoms with van der Waals surface area (Å²) in [6.07, 6.45) is 0. The highest BCUT2D eigenvalue weighted by Crippen LogP contribution is 2.24. The van der Waals surface area contributed by atoms with Gasteiger partial charge in [0, 0.05) is 5.56 Å². The van der Waals surface area contributed by atoms with E-state index in [2.05, 4.69) is 23.8 Å². The second kappa shape index (κ2) is 5.37. The summed E-state index contributed by atoms with van der Waals surface area (Å²) in [4.78, 5) is 7.95. The number of fused-ring (bicyclic) bond motifs is 1. The molecular formula is C17H18N2O. The van der Waals surface area contributed by atoms with Gasteiger partial charge in [-0.25, -0.2) is 4.98 Å². The van der Waals surface area contributed by atoms with Crippen molar-refractivity contribution in [3.63, 3.8) is 0 Å². The number of aromatic amines is 1. The van der Waals surface area contributed by atoms with Crippen molar-refractivity contribution in [1.29, 1.82) is 0 Å². The molecule has 3 rings (SSSR count). The van der Waals surface area contributed by atoms with Crippen molar-refractivity contribution in [3.8, 4) is 17.1 Å². The molecule has 3 nitrogen and oxygen atoms in total. The first-order valence-corrected chi connectivity index (χ1v) is 6.90. The second-order valence-corrected chi connectivity index (χ2v) is 5.34. The maximum atomic E-state index is 5.76. The first kappa shape index (κ1) is 12.7. The van der Waals surface area contributed by atoms with Gasteiger partial charge in [0.25, 0.3) is 0 Å². The molecule has 0 aliphatic rings. The Morgan fingerprint density at radius 1 is 1.10 bits per heavy atom. The van der Waals surface area contributed by atoms with E-state index in [9.17, 15) is 0 Å². The minimum absolute atomic E-state index is 0.518. The number of para-hydroxylation sites is 2. The van der Waals surface area contributed by atoms with Crippen LogP contribution < -0.4 is 4.74 Å². The predicted molar refractivity (Wildman–Crippen MR) is 81.9 cm³/mol. The zero-order valence-corrected chi connectivity index (χ0v) is 11.8. The standard InChI is InChI=1S/C17H18N2O/c1-12(2)11-20-14-7-5-6-13(10-14)17-18-15-8-3-4-9-16(15)19-17/h3-10,12H,11H2,1-2H3,(H,18,19). The SMILES string of the molecule is CC(C)COc1cccc(-c2nc3ccccc3[nH]2)c1. The number of hydrogen-bond acceptors (Lipinski definition) is 2. The van der Waals surface area contributed by atoms with Crippen LogP contribution in [0.4, 0.5) is 0 Å². The zero-order valence-electron chi connectivity index (χ0n) is 11.8. The number of benzene rings is 2. The number of ether oxygens (including phenoxy) is 1. The van der Waals surface area contributed by atoms with Gasteiger partial charge < -0.3 is 9.72 Å².